The molecule has 0 bridgehead atoms. The van der Waals surface area contributed by atoms with E-state index in [1.165, 1.54) is 0 Å². The highest BCUT2D eigenvalue weighted by atomic mass is 35.5. The van der Waals surface area contributed by atoms with E-state index in [-0.39, 0.29) is 39.7 Å². The maximum atomic E-state index is 12.8. The Balaban J connectivity index is 1.22. The van der Waals surface area contributed by atoms with Crippen LogP contribution in [-0.4, -0.2) is 62.9 Å². The minimum absolute atomic E-state index is 0.0497. The Hall–Kier alpha value is -3.86. The molecule has 7 N–H and O–H groups in total. The number of amides is 2. The number of nitrogen functional groups attached to an aromatic ring is 2. The molecular formula is C25H31ClN8O3. The van der Waals surface area contributed by atoms with Crippen LogP contribution in [0.3, 0.4) is 0 Å². The molecule has 2 aliphatic rings. The maximum absolute atomic E-state index is 12.8. The maximum Gasteiger partial charge on any atom is 0.280 e. The fourth-order valence-corrected chi connectivity index (χ4v) is 4.57. The van der Waals surface area contributed by atoms with Gasteiger partial charge in [0.2, 0.25) is 5.91 Å². The van der Waals surface area contributed by atoms with Crippen LogP contribution in [0.5, 0.6) is 0 Å². The number of rotatable bonds is 7. The molecule has 12 heteroatoms. The van der Waals surface area contributed by atoms with Gasteiger partial charge in [-0.05, 0) is 36.8 Å². The van der Waals surface area contributed by atoms with Crippen molar-refractivity contribution in [3.8, 4) is 0 Å². The van der Waals surface area contributed by atoms with Crippen molar-refractivity contribution in [1.82, 2.24) is 25.5 Å². The molecule has 4 rings (SSSR count). The summed E-state index contributed by atoms with van der Waals surface area (Å²) >= 11 is 5.86. The van der Waals surface area contributed by atoms with Gasteiger partial charge in [0.15, 0.2) is 28.4 Å². The first kappa shape index (κ1) is 26.2. The first-order chi connectivity index (χ1) is 17.6. The molecule has 2 aliphatic heterocycles. The fraction of sp³-hybridized carbons (Fsp3) is 0.400. The average molecular weight is 527 g/mol. The van der Waals surface area contributed by atoms with Gasteiger partial charge in [0.25, 0.3) is 5.91 Å². The van der Waals surface area contributed by atoms with E-state index in [0.29, 0.717) is 57.7 Å². The molecule has 196 valence electrons. The average Bonchev–Trinajstić information content (AvgIpc) is 3.25. The summed E-state index contributed by atoms with van der Waals surface area (Å²) in [6.07, 6.45) is 3.82. The molecule has 0 atom stereocenters. The predicted molar refractivity (Wildman–Crippen MR) is 142 cm³/mol. The van der Waals surface area contributed by atoms with Gasteiger partial charge in [-0.15, -0.1) is 0 Å². The monoisotopic (exact) mass is 526 g/mol. The van der Waals surface area contributed by atoms with Crippen molar-refractivity contribution in [2.45, 2.75) is 44.1 Å². The van der Waals surface area contributed by atoms with E-state index in [9.17, 15) is 14.7 Å². The van der Waals surface area contributed by atoms with Crippen molar-refractivity contribution >= 4 is 41.0 Å². The number of carbonyl (C=O) groups is 2. The topological polar surface area (TPSA) is 172 Å². The molecule has 1 spiro atoms. The number of aliphatic imine (C=N–C) groups is 1. The van der Waals surface area contributed by atoms with E-state index in [1.54, 1.807) is 0 Å². The van der Waals surface area contributed by atoms with Gasteiger partial charge in [-0.25, -0.2) is 9.97 Å². The second-order valence-electron chi connectivity index (χ2n) is 9.42. The second-order valence-corrected chi connectivity index (χ2v) is 9.78. The lowest BCUT2D eigenvalue weighted by atomic mass is 9.88. The number of aliphatic hydroxyl groups excluding tert-OH is 1. The summed E-state index contributed by atoms with van der Waals surface area (Å²) in [5.74, 6) is -0.130. The third-order valence-electron chi connectivity index (χ3n) is 6.70. The molecular weight excluding hydrogens is 496 g/mol. The van der Waals surface area contributed by atoms with Crippen LogP contribution in [-0.2, 0) is 17.6 Å². The lowest BCUT2D eigenvalue weighted by Gasteiger charge is -2.39. The Morgan fingerprint density at radius 1 is 1.08 bits per heavy atom. The van der Waals surface area contributed by atoms with E-state index in [2.05, 4.69) is 32.2 Å². The van der Waals surface area contributed by atoms with Crippen LogP contribution in [0.25, 0.3) is 0 Å². The number of hydrogen-bond donors (Lipinski definition) is 5. The number of hydrogen-bond acceptors (Lipinski definition) is 9. The van der Waals surface area contributed by atoms with Gasteiger partial charge in [0.05, 0.1) is 17.8 Å². The largest absolute Gasteiger partial charge is 0.513 e. The van der Waals surface area contributed by atoms with Crippen molar-refractivity contribution in [2.75, 3.05) is 31.1 Å². The lowest BCUT2D eigenvalue weighted by Crippen LogP contribution is -2.57. The molecule has 0 radical (unpaired) electrons. The first-order valence-electron chi connectivity index (χ1n) is 12.1. The van der Waals surface area contributed by atoms with Crippen molar-refractivity contribution < 1.29 is 14.7 Å². The molecule has 2 aromatic rings. The Bertz CT molecular complexity index is 1220. The van der Waals surface area contributed by atoms with E-state index < -0.39 is 5.91 Å². The van der Waals surface area contributed by atoms with E-state index in [1.807, 2.05) is 29.2 Å². The van der Waals surface area contributed by atoms with Crippen molar-refractivity contribution in [3.05, 3.63) is 58.6 Å². The molecule has 1 aromatic carbocycles. The van der Waals surface area contributed by atoms with Crippen LogP contribution in [0.4, 0.5) is 11.6 Å². The van der Waals surface area contributed by atoms with Gasteiger partial charge in [-0.3, -0.25) is 19.9 Å². The number of aromatic nitrogens is 2. The summed E-state index contributed by atoms with van der Waals surface area (Å²) in [6, 6.07) is 8.11. The summed E-state index contributed by atoms with van der Waals surface area (Å²) in [5, 5.41) is 15.1. The molecule has 1 saturated heterocycles. The highest BCUT2D eigenvalue weighted by Crippen LogP contribution is 2.26. The number of halogens is 1. The zero-order valence-corrected chi connectivity index (χ0v) is 21.2. The number of anilines is 2. The molecule has 1 aromatic heterocycles. The SMILES string of the molecule is C=C(O)CCc1ccc(CCC(=O)N2CCC3(CC2)CN=C(NC(=O)c2nc(Cl)c(N)nc2N)N3)cc1. The van der Waals surface area contributed by atoms with E-state index in [4.69, 9.17) is 23.1 Å². The number of likely N-dealkylation sites (tertiary alicyclic amines) is 1. The first-order valence-corrected chi connectivity index (χ1v) is 12.5. The number of benzene rings is 1. The van der Waals surface area contributed by atoms with E-state index >= 15 is 0 Å². The summed E-state index contributed by atoms with van der Waals surface area (Å²) in [6.45, 7) is 5.22. The Labute approximate surface area is 220 Å². The third kappa shape index (κ3) is 6.48. The number of piperidine rings is 1. The molecule has 2 amide bonds. The molecule has 0 aliphatic carbocycles. The smallest absolute Gasteiger partial charge is 0.280 e. The number of aliphatic hydroxyl groups is 1. The van der Waals surface area contributed by atoms with Gasteiger partial charge < -0.3 is 26.8 Å². The number of guanidine groups is 1. The van der Waals surface area contributed by atoms with Crippen LogP contribution in [0, 0.1) is 0 Å². The minimum Gasteiger partial charge on any atom is -0.513 e. The van der Waals surface area contributed by atoms with Gasteiger partial charge >= 0.3 is 0 Å². The lowest BCUT2D eigenvalue weighted by molar-refractivity contribution is -0.132. The number of carbonyl (C=O) groups excluding carboxylic acids is 2. The fourth-order valence-electron chi connectivity index (χ4n) is 4.44. The summed E-state index contributed by atoms with van der Waals surface area (Å²) in [7, 11) is 0. The van der Waals surface area contributed by atoms with Crippen molar-refractivity contribution in [3.63, 3.8) is 0 Å². The van der Waals surface area contributed by atoms with E-state index in [0.717, 1.165) is 17.5 Å². The molecule has 37 heavy (non-hydrogen) atoms. The predicted octanol–water partition coefficient (Wildman–Crippen LogP) is 1.98. The van der Waals surface area contributed by atoms with Crippen LogP contribution in [0.1, 0.15) is 47.3 Å². The zero-order valence-electron chi connectivity index (χ0n) is 20.5. The summed E-state index contributed by atoms with van der Waals surface area (Å²) < 4.78 is 0. The number of nitrogens with zero attached hydrogens (tertiary/aromatic N) is 4. The Kier molecular flexibility index (Phi) is 7.82. The van der Waals surface area contributed by atoms with Gasteiger partial charge in [-0.2, -0.15) is 0 Å². The summed E-state index contributed by atoms with van der Waals surface area (Å²) in [5.41, 5.74) is 13.1. The van der Waals surface area contributed by atoms with Crippen LogP contribution >= 0.6 is 11.6 Å². The normalized spacial score (nSPS) is 16.2. The minimum atomic E-state index is -0.588. The highest BCUT2D eigenvalue weighted by molar-refractivity contribution is 6.31. The number of aryl methyl sites for hydroxylation is 2. The standard InChI is InChI=1S/C25H31ClN8O3/c1-15(35)2-3-16-4-6-17(7-5-16)8-9-18(36)34-12-10-25(11-13-34)14-29-24(33-25)32-23(37)19-21(27)31-22(28)20(26)30-19/h4-7,35H,1-3,8-14H2,(H4,27,28,31)(H2,29,32,33,37). The number of nitrogens with two attached hydrogens (primary N) is 2. The highest BCUT2D eigenvalue weighted by Gasteiger charge is 2.40. The van der Waals surface area contributed by atoms with Gasteiger partial charge in [0.1, 0.15) is 0 Å². The van der Waals surface area contributed by atoms with Crippen LogP contribution in [0.15, 0.2) is 41.6 Å². The molecule has 3 heterocycles. The Morgan fingerprint density at radius 2 is 1.70 bits per heavy atom. The zero-order chi connectivity index (χ0) is 26.6. The molecule has 11 nitrogen and oxygen atoms in total. The second kappa shape index (κ2) is 11.0. The molecule has 0 saturated carbocycles. The van der Waals surface area contributed by atoms with Crippen molar-refractivity contribution in [1.29, 1.82) is 0 Å². The molecule has 0 unspecified atom stereocenters. The quantitative estimate of drug-likeness (QED) is 0.341. The van der Waals surface area contributed by atoms with Crippen LogP contribution < -0.4 is 22.1 Å². The van der Waals surface area contributed by atoms with Crippen molar-refractivity contribution in [2.24, 2.45) is 4.99 Å². The number of nitrogens with one attached hydrogen (secondary N) is 2. The Morgan fingerprint density at radius 3 is 2.32 bits per heavy atom. The third-order valence-corrected chi connectivity index (χ3v) is 6.98. The number of allylic oxidation sites excluding steroid dienone is 1. The molecule has 1 fully saturated rings. The summed E-state index contributed by atoms with van der Waals surface area (Å²) in [4.78, 5) is 39.4. The van der Waals surface area contributed by atoms with Crippen LogP contribution in [0.2, 0.25) is 5.15 Å². The van der Waals surface area contributed by atoms with Gasteiger partial charge in [0, 0.05) is 25.9 Å². The van der Waals surface area contributed by atoms with Gasteiger partial charge in [-0.1, -0.05) is 42.4 Å².